The van der Waals surface area contributed by atoms with Gasteiger partial charge in [-0.2, -0.15) is 5.26 Å². The van der Waals surface area contributed by atoms with Gasteiger partial charge in [0.05, 0.1) is 23.8 Å². The minimum Gasteiger partial charge on any atom is -0.462 e. The lowest BCUT2D eigenvalue weighted by Crippen LogP contribution is -2.28. The molecule has 3 rings (SSSR count). The van der Waals surface area contributed by atoms with Gasteiger partial charge in [0.15, 0.2) is 0 Å². The van der Waals surface area contributed by atoms with Gasteiger partial charge in [-0.05, 0) is 42.3 Å². The van der Waals surface area contributed by atoms with Crippen molar-refractivity contribution in [2.75, 3.05) is 6.61 Å². The van der Waals surface area contributed by atoms with Gasteiger partial charge in [0.2, 0.25) is 0 Å². The zero-order chi connectivity index (χ0) is 18.6. The first kappa shape index (κ1) is 17.7. The summed E-state index contributed by atoms with van der Waals surface area (Å²) in [6, 6.07) is 16.4. The van der Waals surface area contributed by atoms with E-state index in [4.69, 9.17) is 14.7 Å². The topological polar surface area (TPSA) is 76.4 Å². The molecule has 1 aliphatic rings. The number of esters is 2. The fourth-order valence-electron chi connectivity index (χ4n) is 3.21. The lowest BCUT2D eigenvalue weighted by atomic mass is 9.84. The number of nitrogens with zero attached hydrogens (tertiary/aromatic N) is 1. The van der Waals surface area contributed by atoms with Gasteiger partial charge in [-0.15, -0.1) is 0 Å². The van der Waals surface area contributed by atoms with Crippen LogP contribution in [0.4, 0.5) is 0 Å². The first-order valence-corrected chi connectivity index (χ1v) is 8.55. The monoisotopic (exact) mass is 349 g/mol. The van der Waals surface area contributed by atoms with Crippen LogP contribution in [0.5, 0.6) is 0 Å². The molecule has 2 aromatic rings. The van der Waals surface area contributed by atoms with Gasteiger partial charge < -0.3 is 9.47 Å². The highest BCUT2D eigenvalue weighted by Gasteiger charge is 2.42. The number of nitriles is 1. The molecular weight excluding hydrogens is 330 g/mol. The molecule has 0 aliphatic carbocycles. The molecule has 0 amide bonds. The molecule has 132 valence electrons. The van der Waals surface area contributed by atoms with Gasteiger partial charge >= 0.3 is 11.9 Å². The van der Waals surface area contributed by atoms with Crippen molar-refractivity contribution in [3.63, 3.8) is 0 Å². The number of ether oxygens (including phenoxy) is 2. The standard InChI is InChI=1S/C21H19NO4/c1-2-25-20(24)17-7-3-15(4-8-17)13-21(12-11-19(23)26-21)18-9-5-16(14-22)6-10-18/h3-10H,2,11-13H2,1H3/t21-/m1/s1. The minimum absolute atomic E-state index is 0.225. The van der Waals surface area contributed by atoms with Crippen molar-refractivity contribution in [2.45, 2.75) is 31.8 Å². The third-order valence-corrected chi connectivity index (χ3v) is 4.54. The average molecular weight is 349 g/mol. The van der Waals surface area contributed by atoms with Gasteiger partial charge in [0.1, 0.15) is 5.60 Å². The van der Waals surface area contributed by atoms with E-state index in [1.54, 1.807) is 31.2 Å². The zero-order valence-corrected chi connectivity index (χ0v) is 14.5. The van der Waals surface area contributed by atoms with Crippen LogP contribution in [0.25, 0.3) is 0 Å². The quantitative estimate of drug-likeness (QED) is 0.772. The Morgan fingerprint density at radius 1 is 1.19 bits per heavy atom. The van der Waals surface area contributed by atoms with Crippen molar-refractivity contribution >= 4 is 11.9 Å². The van der Waals surface area contributed by atoms with Crippen LogP contribution in [-0.4, -0.2) is 18.5 Å². The molecule has 1 saturated heterocycles. The molecular formula is C21H19NO4. The number of hydrogen-bond acceptors (Lipinski definition) is 5. The predicted molar refractivity (Wildman–Crippen MR) is 94.3 cm³/mol. The molecule has 0 aromatic heterocycles. The Bertz CT molecular complexity index is 849. The molecule has 0 saturated carbocycles. The summed E-state index contributed by atoms with van der Waals surface area (Å²) in [5.74, 6) is -0.578. The van der Waals surface area contributed by atoms with Crippen LogP contribution >= 0.6 is 0 Å². The summed E-state index contributed by atoms with van der Waals surface area (Å²) in [6.45, 7) is 2.10. The SMILES string of the molecule is CCOC(=O)c1ccc(C[C@@]2(c3ccc(C#N)cc3)CCC(=O)O2)cc1. The lowest BCUT2D eigenvalue weighted by Gasteiger charge is -2.28. The molecule has 0 N–H and O–H groups in total. The molecule has 0 spiro atoms. The largest absolute Gasteiger partial charge is 0.462 e. The highest BCUT2D eigenvalue weighted by molar-refractivity contribution is 5.89. The molecule has 1 fully saturated rings. The van der Waals surface area contributed by atoms with Crippen LogP contribution in [0.2, 0.25) is 0 Å². The molecule has 0 unspecified atom stereocenters. The van der Waals surface area contributed by atoms with Crippen molar-refractivity contribution in [1.29, 1.82) is 5.26 Å². The molecule has 0 bridgehead atoms. The summed E-state index contributed by atoms with van der Waals surface area (Å²) < 4.78 is 10.7. The van der Waals surface area contributed by atoms with E-state index < -0.39 is 5.60 Å². The van der Waals surface area contributed by atoms with Crippen LogP contribution in [0.3, 0.4) is 0 Å². The summed E-state index contributed by atoms with van der Waals surface area (Å²) in [6.07, 6.45) is 1.45. The fraction of sp³-hybridized carbons (Fsp3) is 0.286. The first-order valence-electron chi connectivity index (χ1n) is 8.55. The number of carbonyl (C=O) groups is 2. The van der Waals surface area contributed by atoms with Crippen LogP contribution in [0.1, 0.15) is 46.8 Å². The Hall–Kier alpha value is -3.13. The molecule has 5 nitrogen and oxygen atoms in total. The van der Waals surface area contributed by atoms with E-state index in [1.807, 2.05) is 24.3 Å². The smallest absolute Gasteiger partial charge is 0.338 e. The summed E-state index contributed by atoms with van der Waals surface area (Å²) >= 11 is 0. The third-order valence-electron chi connectivity index (χ3n) is 4.54. The molecule has 26 heavy (non-hydrogen) atoms. The summed E-state index contributed by atoms with van der Waals surface area (Å²) in [5, 5.41) is 8.97. The van der Waals surface area contributed by atoms with E-state index >= 15 is 0 Å². The second-order valence-electron chi connectivity index (χ2n) is 6.25. The van der Waals surface area contributed by atoms with Crippen molar-refractivity contribution in [2.24, 2.45) is 0 Å². The minimum atomic E-state index is -0.740. The second kappa shape index (κ2) is 7.40. The summed E-state index contributed by atoms with van der Waals surface area (Å²) in [5.41, 5.74) is 2.14. The maximum Gasteiger partial charge on any atom is 0.338 e. The van der Waals surface area contributed by atoms with E-state index in [0.29, 0.717) is 37.0 Å². The van der Waals surface area contributed by atoms with Gasteiger partial charge in [-0.1, -0.05) is 24.3 Å². The maximum absolute atomic E-state index is 11.8. The highest BCUT2D eigenvalue weighted by atomic mass is 16.6. The highest BCUT2D eigenvalue weighted by Crippen LogP contribution is 2.40. The van der Waals surface area contributed by atoms with Crippen molar-refractivity contribution < 1.29 is 19.1 Å². The van der Waals surface area contributed by atoms with Gasteiger partial charge in [0.25, 0.3) is 0 Å². The molecule has 1 heterocycles. The van der Waals surface area contributed by atoms with E-state index in [-0.39, 0.29) is 11.9 Å². The van der Waals surface area contributed by atoms with Crippen molar-refractivity contribution in [3.05, 3.63) is 70.8 Å². The lowest BCUT2D eigenvalue weighted by molar-refractivity contribution is -0.149. The molecule has 1 aliphatic heterocycles. The molecule has 2 aromatic carbocycles. The summed E-state index contributed by atoms with van der Waals surface area (Å²) in [7, 11) is 0. The van der Waals surface area contributed by atoms with Gasteiger partial charge in [-0.25, -0.2) is 4.79 Å². The van der Waals surface area contributed by atoms with E-state index in [9.17, 15) is 9.59 Å². The van der Waals surface area contributed by atoms with Crippen molar-refractivity contribution in [3.8, 4) is 6.07 Å². The first-order chi connectivity index (χ1) is 12.6. The number of benzene rings is 2. The maximum atomic E-state index is 11.8. The van der Waals surface area contributed by atoms with Gasteiger partial charge in [0, 0.05) is 19.3 Å². The van der Waals surface area contributed by atoms with E-state index in [1.165, 1.54) is 0 Å². The normalized spacial score (nSPS) is 18.8. The second-order valence-corrected chi connectivity index (χ2v) is 6.25. The third kappa shape index (κ3) is 3.60. The Balaban J connectivity index is 1.86. The van der Waals surface area contributed by atoms with Crippen LogP contribution in [-0.2, 0) is 26.3 Å². The molecule has 0 radical (unpaired) electrons. The van der Waals surface area contributed by atoms with E-state index in [0.717, 1.165) is 11.1 Å². The van der Waals surface area contributed by atoms with E-state index in [2.05, 4.69) is 6.07 Å². The van der Waals surface area contributed by atoms with Crippen molar-refractivity contribution in [1.82, 2.24) is 0 Å². The predicted octanol–water partition coefficient (Wildman–Crippen LogP) is 3.51. The number of hydrogen-bond donors (Lipinski definition) is 0. The Morgan fingerprint density at radius 3 is 2.42 bits per heavy atom. The number of rotatable bonds is 5. The van der Waals surface area contributed by atoms with Crippen LogP contribution in [0.15, 0.2) is 48.5 Å². The van der Waals surface area contributed by atoms with Crippen LogP contribution < -0.4 is 0 Å². The number of carbonyl (C=O) groups excluding carboxylic acids is 2. The summed E-state index contributed by atoms with van der Waals surface area (Å²) in [4.78, 5) is 23.6. The fourth-order valence-corrected chi connectivity index (χ4v) is 3.21. The van der Waals surface area contributed by atoms with Gasteiger partial charge in [-0.3, -0.25) is 4.79 Å². The number of cyclic esters (lactones) is 1. The van der Waals surface area contributed by atoms with Crippen LogP contribution in [0, 0.1) is 11.3 Å². The average Bonchev–Trinajstić information content (AvgIpc) is 3.04. The Morgan fingerprint density at radius 2 is 1.88 bits per heavy atom. The molecule has 5 heteroatoms. The zero-order valence-electron chi connectivity index (χ0n) is 14.5. The Labute approximate surface area is 152 Å². The Kier molecular flexibility index (Phi) is 5.04. The molecule has 1 atom stereocenters.